The number of nitro groups is 1. The molecule has 2 aliphatic rings. The van der Waals surface area contributed by atoms with E-state index in [1.54, 1.807) is 42.5 Å². The number of amides is 2. The monoisotopic (exact) mass is 533 g/mol. The Bertz CT molecular complexity index is 1400. The minimum absolute atomic E-state index is 0.0623. The first-order valence-electron chi connectivity index (χ1n) is 11.8. The number of carbonyl (C=O) groups is 3. The fourth-order valence-electron chi connectivity index (χ4n) is 4.74. The molecule has 2 fully saturated rings. The number of hydrogen-bond donors (Lipinski definition) is 1. The van der Waals surface area contributed by atoms with E-state index in [2.05, 4.69) is 5.32 Å². The minimum Gasteiger partial charge on any atom is -0.459 e. The fourth-order valence-corrected chi connectivity index (χ4v) is 6.87. The van der Waals surface area contributed by atoms with Gasteiger partial charge in [-0.1, -0.05) is 60.7 Å². The summed E-state index contributed by atoms with van der Waals surface area (Å²) in [6.07, 6.45) is 0.0623. The van der Waals surface area contributed by atoms with Gasteiger partial charge in [0.15, 0.2) is 0 Å². The molecule has 2 heterocycles. The summed E-state index contributed by atoms with van der Waals surface area (Å²) in [4.78, 5) is 50.7. The summed E-state index contributed by atoms with van der Waals surface area (Å²) in [6, 6.07) is 21.2. The number of nitro benzene ring substituents is 1. The number of nitrogens with one attached hydrogen (secondary N) is 1. The Morgan fingerprint density at radius 1 is 0.947 bits per heavy atom. The minimum atomic E-state index is -1.71. The molecule has 194 valence electrons. The van der Waals surface area contributed by atoms with Gasteiger partial charge in [0.2, 0.25) is 11.8 Å². The normalized spacial score (nSPS) is 23.7. The first kappa shape index (κ1) is 25.3. The SMILES string of the molecule is O=C(Cc1ccccc1)N[C@@H]1C(=O)N2C1S(=O)[C@@H](c1ccccc1)[C@@H]2C(=O)OCc1ccc([N+](=O)[O-])cc1. The number of rotatable bonds is 8. The smallest absolute Gasteiger partial charge is 0.330 e. The van der Waals surface area contributed by atoms with E-state index < -0.39 is 50.3 Å². The molecule has 11 heteroatoms. The van der Waals surface area contributed by atoms with Crippen LogP contribution < -0.4 is 5.32 Å². The van der Waals surface area contributed by atoms with Gasteiger partial charge >= 0.3 is 5.97 Å². The molecule has 0 spiro atoms. The Hall–Kier alpha value is -4.38. The Labute approximate surface area is 220 Å². The highest BCUT2D eigenvalue weighted by Gasteiger charge is 2.65. The zero-order chi connectivity index (χ0) is 26.8. The van der Waals surface area contributed by atoms with Gasteiger partial charge in [-0.05, 0) is 28.8 Å². The lowest BCUT2D eigenvalue weighted by molar-refractivity contribution is -0.384. The van der Waals surface area contributed by atoms with Crippen LogP contribution in [-0.4, -0.2) is 49.3 Å². The average molecular weight is 534 g/mol. The van der Waals surface area contributed by atoms with Crippen molar-refractivity contribution in [1.82, 2.24) is 10.2 Å². The Kier molecular flexibility index (Phi) is 7.01. The molecule has 2 unspecified atom stereocenters. The van der Waals surface area contributed by atoms with Crippen molar-refractivity contribution in [2.75, 3.05) is 0 Å². The zero-order valence-corrected chi connectivity index (χ0v) is 20.8. The lowest BCUT2D eigenvalue weighted by Crippen LogP contribution is -2.71. The van der Waals surface area contributed by atoms with Crippen molar-refractivity contribution in [3.63, 3.8) is 0 Å². The highest BCUT2D eigenvalue weighted by molar-refractivity contribution is 7.86. The molecule has 0 aliphatic carbocycles. The maximum Gasteiger partial charge on any atom is 0.330 e. The van der Waals surface area contributed by atoms with Crippen LogP contribution in [-0.2, 0) is 42.9 Å². The number of fused-ring (bicyclic) bond motifs is 1. The molecule has 3 aromatic carbocycles. The summed E-state index contributed by atoms with van der Waals surface area (Å²) in [6.45, 7) is -0.175. The van der Waals surface area contributed by atoms with Crippen molar-refractivity contribution in [2.24, 2.45) is 0 Å². The molecule has 0 aromatic heterocycles. The van der Waals surface area contributed by atoms with Crippen molar-refractivity contribution >= 4 is 34.3 Å². The molecule has 2 amide bonds. The van der Waals surface area contributed by atoms with Crippen LogP contribution >= 0.6 is 0 Å². The van der Waals surface area contributed by atoms with Gasteiger partial charge in [-0.3, -0.25) is 23.9 Å². The summed E-state index contributed by atoms with van der Waals surface area (Å²) in [5, 5.41) is 11.8. The topological polar surface area (TPSA) is 136 Å². The van der Waals surface area contributed by atoms with Gasteiger partial charge in [0.1, 0.15) is 24.1 Å². The second-order valence-corrected chi connectivity index (χ2v) is 10.6. The molecule has 5 atom stereocenters. The molecule has 10 nitrogen and oxygen atoms in total. The fraction of sp³-hybridized carbons (Fsp3) is 0.222. The lowest BCUT2D eigenvalue weighted by Gasteiger charge is -2.43. The summed E-state index contributed by atoms with van der Waals surface area (Å²) < 4.78 is 19.1. The first-order chi connectivity index (χ1) is 18.3. The van der Waals surface area contributed by atoms with Gasteiger partial charge in [-0.2, -0.15) is 0 Å². The van der Waals surface area contributed by atoms with E-state index in [1.165, 1.54) is 29.2 Å². The molecular formula is C27H23N3O7S. The molecule has 2 saturated heterocycles. The van der Waals surface area contributed by atoms with Crippen molar-refractivity contribution in [3.8, 4) is 0 Å². The molecule has 3 aromatic rings. The first-order valence-corrected chi connectivity index (χ1v) is 13.1. The van der Waals surface area contributed by atoms with Crippen molar-refractivity contribution in [2.45, 2.75) is 35.7 Å². The van der Waals surface area contributed by atoms with Crippen LogP contribution in [0.1, 0.15) is 21.9 Å². The Balaban J connectivity index is 1.34. The van der Waals surface area contributed by atoms with E-state index in [0.717, 1.165) is 5.56 Å². The number of carbonyl (C=O) groups excluding carboxylic acids is 3. The Morgan fingerprint density at radius 3 is 2.21 bits per heavy atom. The maximum absolute atomic E-state index is 13.6. The predicted molar refractivity (Wildman–Crippen MR) is 137 cm³/mol. The van der Waals surface area contributed by atoms with E-state index in [-0.39, 0.29) is 24.6 Å². The number of nitrogens with zero attached hydrogens (tertiary/aromatic N) is 2. The average Bonchev–Trinajstić information content (AvgIpc) is 3.21. The van der Waals surface area contributed by atoms with Gasteiger partial charge in [0, 0.05) is 12.1 Å². The quantitative estimate of drug-likeness (QED) is 0.203. The third kappa shape index (κ3) is 4.80. The van der Waals surface area contributed by atoms with E-state index in [0.29, 0.717) is 11.1 Å². The highest BCUT2D eigenvalue weighted by Crippen LogP contribution is 2.45. The van der Waals surface area contributed by atoms with Crippen LogP contribution in [0.3, 0.4) is 0 Å². The van der Waals surface area contributed by atoms with Crippen molar-refractivity contribution in [1.29, 1.82) is 0 Å². The van der Waals surface area contributed by atoms with E-state index in [9.17, 15) is 28.7 Å². The summed E-state index contributed by atoms with van der Waals surface area (Å²) in [7, 11) is -1.71. The molecule has 38 heavy (non-hydrogen) atoms. The van der Waals surface area contributed by atoms with Gasteiger partial charge < -0.3 is 15.0 Å². The van der Waals surface area contributed by atoms with Crippen LogP contribution in [0.2, 0.25) is 0 Å². The summed E-state index contributed by atoms with van der Waals surface area (Å²) >= 11 is 0. The highest BCUT2D eigenvalue weighted by atomic mass is 32.2. The molecule has 2 aliphatic heterocycles. The zero-order valence-electron chi connectivity index (χ0n) is 20.0. The van der Waals surface area contributed by atoms with Crippen molar-refractivity contribution in [3.05, 3.63) is 112 Å². The van der Waals surface area contributed by atoms with Gasteiger partial charge in [-0.25, -0.2) is 4.79 Å². The Morgan fingerprint density at radius 2 is 1.58 bits per heavy atom. The number of esters is 1. The molecule has 1 N–H and O–H groups in total. The van der Waals surface area contributed by atoms with Crippen molar-refractivity contribution < 1.29 is 28.3 Å². The van der Waals surface area contributed by atoms with Gasteiger partial charge in [0.05, 0.1) is 27.4 Å². The summed E-state index contributed by atoms with van der Waals surface area (Å²) in [5.41, 5.74) is 1.82. The second kappa shape index (κ2) is 10.5. The molecule has 5 rings (SSSR count). The molecular weight excluding hydrogens is 510 g/mol. The van der Waals surface area contributed by atoms with Crippen LogP contribution in [0.25, 0.3) is 0 Å². The largest absolute Gasteiger partial charge is 0.459 e. The number of β-lactam (4-membered cyclic amide) rings is 1. The maximum atomic E-state index is 13.6. The number of ether oxygens (including phenoxy) is 1. The molecule has 0 radical (unpaired) electrons. The molecule has 0 bridgehead atoms. The van der Waals surface area contributed by atoms with E-state index in [4.69, 9.17) is 4.74 Å². The lowest BCUT2D eigenvalue weighted by atomic mass is 9.98. The summed E-state index contributed by atoms with van der Waals surface area (Å²) in [5.74, 6) is -1.62. The number of hydrogen-bond acceptors (Lipinski definition) is 7. The van der Waals surface area contributed by atoms with Crippen LogP contribution in [0.15, 0.2) is 84.9 Å². The standard InChI is InChI=1S/C27H23N3O7S/c31-21(15-17-7-3-1-4-8-17)28-22-25(32)29-23(24(38(36)26(22)29)19-9-5-2-6-10-19)27(33)37-16-18-11-13-20(14-12-18)30(34)35/h1-14,22-24,26H,15-16H2,(H,28,31)/t22-,23-,24+,26?,38?/m1/s1. The van der Waals surface area contributed by atoms with Gasteiger partial charge in [0.25, 0.3) is 5.69 Å². The number of benzene rings is 3. The number of non-ortho nitro benzene ring substituents is 1. The third-order valence-corrected chi connectivity index (χ3v) is 8.58. The van der Waals surface area contributed by atoms with E-state index in [1.807, 2.05) is 18.2 Å². The predicted octanol–water partition coefficient (Wildman–Crippen LogP) is 2.41. The third-order valence-electron chi connectivity index (χ3n) is 6.58. The van der Waals surface area contributed by atoms with Gasteiger partial charge in [-0.15, -0.1) is 0 Å². The van der Waals surface area contributed by atoms with Crippen LogP contribution in [0.5, 0.6) is 0 Å². The molecule has 0 saturated carbocycles. The second-order valence-electron chi connectivity index (χ2n) is 8.98. The van der Waals surface area contributed by atoms with Crippen LogP contribution in [0.4, 0.5) is 5.69 Å². The van der Waals surface area contributed by atoms with E-state index >= 15 is 0 Å². The van der Waals surface area contributed by atoms with Crippen LogP contribution in [0, 0.1) is 10.1 Å².